The van der Waals surface area contributed by atoms with E-state index in [1.54, 1.807) is 114 Å². The second-order valence-electron chi connectivity index (χ2n) is 21.2. The second kappa shape index (κ2) is 25.2. The Morgan fingerprint density at radius 1 is 0.382 bits per heavy atom. The summed E-state index contributed by atoms with van der Waals surface area (Å²) in [5.74, 6) is 10.5. The van der Waals surface area contributed by atoms with E-state index in [9.17, 15) is 0 Å². The first-order valence-electron chi connectivity index (χ1n) is 26.1. The molecule has 0 radical (unpaired) electrons. The topological polar surface area (TPSA) is 9.23 Å². The Morgan fingerprint density at radius 2 is 0.727 bits per heavy atom. The summed E-state index contributed by atoms with van der Waals surface area (Å²) in [6, 6.07) is 0. The number of rotatable bonds is 22. The molecule has 1 nitrogen and oxygen atoms in total. The maximum Gasteiger partial charge on any atom is 0.0466 e. The van der Waals surface area contributed by atoms with Crippen LogP contribution in [0.25, 0.3) is 0 Å². The molecule has 0 aromatic heterocycles. The highest BCUT2D eigenvalue weighted by atomic mass is 16.5. The highest BCUT2D eigenvalue weighted by Crippen LogP contribution is 2.47. The van der Waals surface area contributed by atoms with Crippen LogP contribution in [0.15, 0.2) is 23.3 Å². The molecular formula is C54H94O. The Bertz CT molecular complexity index is 969. The molecule has 0 N–H and O–H groups in total. The average molecular weight is 759 g/mol. The normalized spacial score (nSPS) is 34.9. The van der Waals surface area contributed by atoms with Crippen LogP contribution in [-0.4, -0.2) is 13.2 Å². The highest BCUT2D eigenvalue weighted by Gasteiger charge is 2.35. The van der Waals surface area contributed by atoms with Gasteiger partial charge in [0.1, 0.15) is 0 Å². The molecule has 1 heteroatoms. The fourth-order valence-corrected chi connectivity index (χ4v) is 13.8. The molecule has 0 aromatic carbocycles. The molecule has 0 aromatic rings. The van der Waals surface area contributed by atoms with Gasteiger partial charge < -0.3 is 4.74 Å². The molecule has 0 spiro atoms. The summed E-state index contributed by atoms with van der Waals surface area (Å²) in [6.45, 7) is 6.69. The maximum atomic E-state index is 6.08. The van der Waals surface area contributed by atoms with Crippen LogP contribution in [0.4, 0.5) is 0 Å². The predicted octanol–water partition coefficient (Wildman–Crippen LogP) is 17.2. The summed E-state index contributed by atoms with van der Waals surface area (Å²) in [5, 5.41) is 0. The second-order valence-corrected chi connectivity index (χ2v) is 21.2. The SMILES string of the molecule is CCCCC1CCC(C2CCC(C3CC=C(CCCCCOCCCCCC4=CCC(C5CCC(C6CCC(CCCC)CC6)CC5)CC4)CC3)CC2)CC1. The molecule has 6 aliphatic carbocycles. The van der Waals surface area contributed by atoms with Crippen molar-refractivity contribution in [1.82, 2.24) is 0 Å². The van der Waals surface area contributed by atoms with Crippen LogP contribution in [0.3, 0.4) is 0 Å². The van der Waals surface area contributed by atoms with Gasteiger partial charge in [-0.1, -0.05) is 114 Å². The predicted molar refractivity (Wildman–Crippen MR) is 239 cm³/mol. The van der Waals surface area contributed by atoms with Crippen molar-refractivity contribution in [2.75, 3.05) is 13.2 Å². The first-order chi connectivity index (χ1) is 27.2. The standard InChI is InChI=1S/C54H94O/c1-3-5-13-43-17-25-47(26-18-43)51-33-37-53(38-34-51)49-29-21-45(22-30-49)15-9-7-11-41-55-42-12-8-10-16-46-23-31-50(32-24-46)54-39-35-52(36-40-54)48-27-19-44(20-28-48)14-6-4-2/h21,23,43-44,47-54H,3-20,22,24-42H2,1-2H3. The van der Waals surface area contributed by atoms with Crippen LogP contribution in [0.5, 0.6) is 0 Å². The summed E-state index contributed by atoms with van der Waals surface area (Å²) in [4.78, 5) is 0. The molecule has 6 rings (SSSR count). The summed E-state index contributed by atoms with van der Waals surface area (Å²) < 4.78 is 6.08. The van der Waals surface area contributed by atoms with Gasteiger partial charge in [0.05, 0.1) is 0 Å². The van der Waals surface area contributed by atoms with Crippen molar-refractivity contribution >= 4 is 0 Å². The Kier molecular flexibility index (Phi) is 20.1. The fraction of sp³-hybridized carbons (Fsp3) is 0.926. The van der Waals surface area contributed by atoms with E-state index in [4.69, 9.17) is 4.74 Å². The third-order valence-corrected chi connectivity index (χ3v) is 17.7. The molecule has 0 aliphatic heterocycles. The lowest BCUT2D eigenvalue weighted by molar-refractivity contribution is 0.119. The quantitative estimate of drug-likeness (QED) is 0.0789. The lowest BCUT2D eigenvalue weighted by atomic mass is 9.65. The summed E-state index contributed by atoms with van der Waals surface area (Å²) in [5.41, 5.74) is 3.59. The Balaban J connectivity index is 0.709. The Hall–Kier alpha value is -0.560. The Morgan fingerprint density at radius 3 is 1.05 bits per heavy atom. The van der Waals surface area contributed by atoms with Crippen LogP contribution in [0.1, 0.15) is 245 Å². The van der Waals surface area contributed by atoms with E-state index in [0.29, 0.717) is 0 Å². The van der Waals surface area contributed by atoms with Crippen molar-refractivity contribution < 1.29 is 4.74 Å². The third kappa shape index (κ3) is 14.9. The van der Waals surface area contributed by atoms with Gasteiger partial charge in [0, 0.05) is 13.2 Å². The van der Waals surface area contributed by atoms with E-state index in [2.05, 4.69) is 26.0 Å². The lowest BCUT2D eigenvalue weighted by Gasteiger charge is -2.40. The molecule has 2 unspecified atom stereocenters. The fourth-order valence-electron chi connectivity index (χ4n) is 13.8. The van der Waals surface area contributed by atoms with Gasteiger partial charge in [0.15, 0.2) is 0 Å². The molecule has 2 atom stereocenters. The van der Waals surface area contributed by atoms with Gasteiger partial charge in [0.25, 0.3) is 0 Å². The van der Waals surface area contributed by atoms with Gasteiger partial charge in [-0.05, 0) is 213 Å². The molecule has 55 heavy (non-hydrogen) atoms. The minimum Gasteiger partial charge on any atom is -0.381 e. The first-order valence-corrected chi connectivity index (χ1v) is 26.1. The monoisotopic (exact) mass is 759 g/mol. The van der Waals surface area contributed by atoms with Crippen LogP contribution in [0.2, 0.25) is 0 Å². The summed E-state index contributed by atoms with van der Waals surface area (Å²) in [6.07, 6.45) is 58.3. The number of ether oxygens (including phenoxy) is 1. The van der Waals surface area contributed by atoms with Crippen LogP contribution in [-0.2, 0) is 4.74 Å². The highest BCUT2D eigenvalue weighted by molar-refractivity contribution is 5.08. The van der Waals surface area contributed by atoms with Crippen molar-refractivity contribution in [3.63, 3.8) is 0 Å². The van der Waals surface area contributed by atoms with Gasteiger partial charge in [-0.2, -0.15) is 0 Å². The van der Waals surface area contributed by atoms with Crippen molar-refractivity contribution in [3.8, 4) is 0 Å². The van der Waals surface area contributed by atoms with Crippen molar-refractivity contribution in [3.05, 3.63) is 23.3 Å². The zero-order chi connectivity index (χ0) is 37.9. The molecule has 0 heterocycles. The molecule has 6 aliphatic rings. The van der Waals surface area contributed by atoms with E-state index < -0.39 is 0 Å². The lowest BCUT2D eigenvalue weighted by Crippen LogP contribution is -2.28. The van der Waals surface area contributed by atoms with Crippen molar-refractivity contribution in [2.24, 2.45) is 59.2 Å². The van der Waals surface area contributed by atoms with Gasteiger partial charge >= 0.3 is 0 Å². The van der Waals surface area contributed by atoms with E-state index in [-0.39, 0.29) is 0 Å². The molecule has 0 bridgehead atoms. The van der Waals surface area contributed by atoms with Crippen LogP contribution in [0, 0.1) is 59.2 Å². The van der Waals surface area contributed by atoms with Gasteiger partial charge in [-0.3, -0.25) is 0 Å². The van der Waals surface area contributed by atoms with Crippen molar-refractivity contribution in [2.45, 2.75) is 245 Å². The summed E-state index contributed by atoms with van der Waals surface area (Å²) >= 11 is 0. The molecule has 0 saturated heterocycles. The van der Waals surface area contributed by atoms with E-state index in [0.717, 1.165) is 72.4 Å². The molecule has 316 valence electrons. The molecule has 4 fully saturated rings. The van der Waals surface area contributed by atoms with Gasteiger partial charge in [0.2, 0.25) is 0 Å². The Labute approximate surface area is 344 Å². The summed E-state index contributed by atoms with van der Waals surface area (Å²) in [7, 11) is 0. The molecule has 4 saturated carbocycles. The number of unbranched alkanes of at least 4 members (excludes halogenated alkanes) is 6. The van der Waals surface area contributed by atoms with Gasteiger partial charge in [-0.15, -0.1) is 0 Å². The maximum absolute atomic E-state index is 6.08. The number of allylic oxidation sites excluding steroid dienone is 4. The van der Waals surface area contributed by atoms with E-state index in [1.807, 2.05) is 0 Å². The number of hydrogen-bond acceptors (Lipinski definition) is 1. The van der Waals surface area contributed by atoms with Crippen LogP contribution < -0.4 is 0 Å². The van der Waals surface area contributed by atoms with Gasteiger partial charge in [-0.25, -0.2) is 0 Å². The number of hydrogen-bond donors (Lipinski definition) is 0. The molecular weight excluding hydrogens is 665 g/mol. The van der Waals surface area contributed by atoms with Crippen LogP contribution >= 0.6 is 0 Å². The zero-order valence-corrected chi connectivity index (χ0v) is 37.2. The van der Waals surface area contributed by atoms with E-state index >= 15 is 0 Å². The minimum atomic E-state index is 0.985. The van der Waals surface area contributed by atoms with Crippen molar-refractivity contribution in [1.29, 1.82) is 0 Å². The van der Waals surface area contributed by atoms with E-state index in [1.165, 1.54) is 128 Å². The largest absolute Gasteiger partial charge is 0.381 e. The smallest absolute Gasteiger partial charge is 0.0466 e. The minimum absolute atomic E-state index is 0.985. The first kappa shape index (κ1) is 44.0. The third-order valence-electron chi connectivity index (χ3n) is 17.7. The zero-order valence-electron chi connectivity index (χ0n) is 37.2. The molecule has 0 amide bonds. The average Bonchev–Trinajstić information content (AvgIpc) is 3.25.